The smallest absolute Gasteiger partial charge is 0.314 e. The van der Waals surface area contributed by atoms with E-state index >= 15 is 0 Å². The van der Waals surface area contributed by atoms with E-state index in [-0.39, 0.29) is 0 Å². The number of rotatable bonds is 5. The second kappa shape index (κ2) is 5.69. The van der Waals surface area contributed by atoms with Gasteiger partial charge in [0.15, 0.2) is 0 Å². The molecule has 0 radical (unpaired) electrons. The molecule has 0 aliphatic heterocycles. The molecule has 1 aromatic rings. The summed E-state index contributed by atoms with van der Waals surface area (Å²) < 4.78 is 23.6. The number of ether oxygens (including phenoxy) is 2. The normalized spacial score (nSPS) is 16.9. The first-order valence-electron chi connectivity index (χ1n) is 6.64. The Balaban J connectivity index is 2.62. The molecule has 1 N–H and O–H groups in total. The van der Waals surface area contributed by atoms with Gasteiger partial charge < -0.3 is 14.6 Å². The van der Waals surface area contributed by atoms with Crippen LogP contribution >= 0.6 is 0 Å². The quantitative estimate of drug-likeness (QED) is 0.901. The highest BCUT2D eigenvalue weighted by Gasteiger charge is 2.45. The van der Waals surface area contributed by atoms with E-state index in [0.29, 0.717) is 35.5 Å². The van der Waals surface area contributed by atoms with Gasteiger partial charge in [0.05, 0.1) is 19.6 Å². The lowest BCUT2D eigenvalue weighted by Crippen LogP contribution is -2.33. The van der Waals surface area contributed by atoms with Crippen LogP contribution in [0.3, 0.4) is 0 Å². The van der Waals surface area contributed by atoms with E-state index in [4.69, 9.17) is 9.47 Å². The first kappa shape index (κ1) is 14.6. The summed E-state index contributed by atoms with van der Waals surface area (Å²) in [6.07, 6.45) is 2.81. The lowest BCUT2D eigenvalue weighted by molar-refractivity contribution is -0.143. The molecule has 1 saturated carbocycles. The SMILES string of the molecule is COc1cc(OC)c(C2(C(=O)O)CCCC2)cc1CF. The third-order valence-electron chi connectivity index (χ3n) is 4.13. The Hall–Kier alpha value is -1.78. The number of carboxylic acid groups (broad SMARTS) is 1. The number of carboxylic acids is 1. The number of methoxy groups -OCH3 is 2. The van der Waals surface area contributed by atoms with Gasteiger partial charge in [0.1, 0.15) is 18.2 Å². The molecule has 0 amide bonds. The van der Waals surface area contributed by atoms with E-state index in [0.717, 1.165) is 12.8 Å². The maximum atomic E-state index is 13.1. The van der Waals surface area contributed by atoms with E-state index in [1.165, 1.54) is 14.2 Å². The lowest BCUT2D eigenvalue weighted by atomic mass is 9.77. The van der Waals surface area contributed by atoms with Crippen molar-refractivity contribution in [2.24, 2.45) is 0 Å². The number of benzene rings is 1. The predicted molar refractivity (Wildman–Crippen MR) is 72.1 cm³/mol. The topological polar surface area (TPSA) is 55.8 Å². The molecule has 0 unspecified atom stereocenters. The fourth-order valence-electron chi connectivity index (χ4n) is 3.02. The van der Waals surface area contributed by atoms with Crippen LogP contribution in [0, 0.1) is 0 Å². The van der Waals surface area contributed by atoms with Gasteiger partial charge in [-0.1, -0.05) is 12.8 Å². The molecule has 0 saturated heterocycles. The first-order chi connectivity index (χ1) is 9.58. The standard InChI is InChI=1S/C15H19FO4/c1-19-12-8-13(20-2)11(7-10(12)9-16)15(14(17)18)5-3-4-6-15/h7-8H,3-6,9H2,1-2H3,(H,17,18). The molecule has 1 aliphatic carbocycles. The fourth-order valence-corrected chi connectivity index (χ4v) is 3.02. The molecule has 20 heavy (non-hydrogen) atoms. The van der Waals surface area contributed by atoms with Gasteiger partial charge in [-0.05, 0) is 18.9 Å². The van der Waals surface area contributed by atoms with Crippen LogP contribution in [-0.4, -0.2) is 25.3 Å². The van der Waals surface area contributed by atoms with Gasteiger partial charge in [-0.15, -0.1) is 0 Å². The third kappa shape index (κ3) is 2.21. The molecule has 0 heterocycles. The third-order valence-corrected chi connectivity index (χ3v) is 4.13. The Labute approximate surface area is 117 Å². The number of halogens is 1. The molecular weight excluding hydrogens is 263 g/mol. The van der Waals surface area contributed by atoms with Gasteiger partial charge in [0.2, 0.25) is 0 Å². The molecule has 0 atom stereocenters. The van der Waals surface area contributed by atoms with E-state index < -0.39 is 18.1 Å². The highest BCUT2D eigenvalue weighted by molar-refractivity contribution is 5.83. The summed E-state index contributed by atoms with van der Waals surface area (Å²) in [4.78, 5) is 11.8. The van der Waals surface area contributed by atoms with Crippen LogP contribution in [0.25, 0.3) is 0 Å². The van der Waals surface area contributed by atoms with Crippen LogP contribution in [0.4, 0.5) is 4.39 Å². The van der Waals surface area contributed by atoms with E-state index in [9.17, 15) is 14.3 Å². The van der Waals surface area contributed by atoms with Crippen LogP contribution in [0.15, 0.2) is 12.1 Å². The van der Waals surface area contributed by atoms with Gasteiger partial charge in [0.25, 0.3) is 0 Å². The van der Waals surface area contributed by atoms with Crippen LogP contribution in [0.1, 0.15) is 36.8 Å². The molecule has 0 aromatic heterocycles. The van der Waals surface area contributed by atoms with Crippen molar-refractivity contribution >= 4 is 5.97 Å². The summed E-state index contributed by atoms with van der Waals surface area (Å²) in [5.41, 5.74) is -0.0593. The molecule has 2 rings (SSSR count). The summed E-state index contributed by atoms with van der Waals surface area (Å²) in [5, 5.41) is 9.65. The summed E-state index contributed by atoms with van der Waals surface area (Å²) in [6, 6.07) is 3.16. The number of carbonyl (C=O) groups is 1. The molecular formula is C15H19FO4. The monoisotopic (exact) mass is 282 g/mol. The number of aliphatic carboxylic acids is 1. The summed E-state index contributed by atoms with van der Waals surface area (Å²) in [5.74, 6) is -0.0433. The Morgan fingerprint density at radius 1 is 1.25 bits per heavy atom. The zero-order chi connectivity index (χ0) is 14.8. The Bertz CT molecular complexity index is 507. The van der Waals surface area contributed by atoms with Gasteiger partial charge in [-0.2, -0.15) is 0 Å². The Morgan fingerprint density at radius 2 is 1.85 bits per heavy atom. The molecule has 1 fully saturated rings. The van der Waals surface area contributed by atoms with E-state index in [1.807, 2.05) is 0 Å². The van der Waals surface area contributed by atoms with Gasteiger partial charge >= 0.3 is 5.97 Å². The van der Waals surface area contributed by atoms with Crippen molar-refractivity contribution < 1.29 is 23.8 Å². The van der Waals surface area contributed by atoms with E-state index in [2.05, 4.69) is 0 Å². The average Bonchev–Trinajstić information content (AvgIpc) is 2.96. The zero-order valence-corrected chi connectivity index (χ0v) is 11.7. The summed E-state index contributed by atoms with van der Waals surface area (Å²) in [7, 11) is 2.94. The lowest BCUT2D eigenvalue weighted by Gasteiger charge is -2.27. The van der Waals surface area contributed by atoms with Gasteiger partial charge in [-0.3, -0.25) is 4.79 Å². The minimum Gasteiger partial charge on any atom is -0.496 e. The van der Waals surface area contributed by atoms with Crippen molar-refractivity contribution in [3.05, 3.63) is 23.3 Å². The largest absolute Gasteiger partial charge is 0.496 e. The van der Waals surface area contributed by atoms with Crippen molar-refractivity contribution in [1.29, 1.82) is 0 Å². The minimum absolute atomic E-state index is 0.357. The highest BCUT2D eigenvalue weighted by atomic mass is 19.1. The van der Waals surface area contributed by atoms with Gasteiger partial charge in [-0.25, -0.2) is 4.39 Å². The van der Waals surface area contributed by atoms with Gasteiger partial charge in [0, 0.05) is 17.2 Å². The second-order valence-electron chi connectivity index (χ2n) is 5.09. The van der Waals surface area contributed by atoms with E-state index in [1.54, 1.807) is 12.1 Å². The highest BCUT2D eigenvalue weighted by Crippen LogP contribution is 2.46. The van der Waals surface area contributed by atoms with Crippen LogP contribution in [-0.2, 0) is 16.9 Å². The summed E-state index contributed by atoms with van der Waals surface area (Å²) in [6.45, 7) is -0.699. The number of hydrogen-bond acceptors (Lipinski definition) is 3. The van der Waals surface area contributed by atoms with Crippen molar-refractivity contribution in [2.75, 3.05) is 14.2 Å². The van der Waals surface area contributed by atoms with Crippen molar-refractivity contribution in [2.45, 2.75) is 37.8 Å². The average molecular weight is 282 g/mol. The molecule has 1 aliphatic rings. The zero-order valence-electron chi connectivity index (χ0n) is 11.7. The molecule has 1 aromatic carbocycles. The Morgan fingerprint density at radius 3 is 2.30 bits per heavy atom. The fraction of sp³-hybridized carbons (Fsp3) is 0.533. The van der Waals surface area contributed by atoms with Crippen molar-refractivity contribution in [1.82, 2.24) is 0 Å². The van der Waals surface area contributed by atoms with Crippen LogP contribution < -0.4 is 9.47 Å². The molecule has 110 valence electrons. The second-order valence-corrected chi connectivity index (χ2v) is 5.09. The number of alkyl halides is 1. The van der Waals surface area contributed by atoms with Crippen molar-refractivity contribution in [3.8, 4) is 11.5 Å². The van der Waals surface area contributed by atoms with Crippen LogP contribution in [0.2, 0.25) is 0 Å². The molecule has 0 spiro atoms. The van der Waals surface area contributed by atoms with Crippen molar-refractivity contribution in [3.63, 3.8) is 0 Å². The predicted octanol–water partition coefficient (Wildman–Crippen LogP) is 3.07. The van der Waals surface area contributed by atoms with Crippen LogP contribution in [0.5, 0.6) is 11.5 Å². The molecule has 5 heteroatoms. The minimum atomic E-state index is -0.971. The maximum absolute atomic E-state index is 13.1. The first-order valence-corrected chi connectivity index (χ1v) is 6.64. The summed E-state index contributed by atoms with van der Waals surface area (Å²) >= 11 is 0. The molecule has 4 nitrogen and oxygen atoms in total. The number of hydrogen-bond donors (Lipinski definition) is 1. The maximum Gasteiger partial charge on any atom is 0.314 e. The Kier molecular flexibility index (Phi) is 4.16. The molecule has 0 bridgehead atoms.